The van der Waals surface area contributed by atoms with Crippen LogP contribution in [0.5, 0.6) is 0 Å². The van der Waals surface area contributed by atoms with Gasteiger partial charge in [-0.15, -0.1) is 0 Å². The highest BCUT2D eigenvalue weighted by atomic mass is 79.9. The molecule has 3 fully saturated rings. The molecule has 2 saturated carbocycles. The molecule has 11 heteroatoms. The van der Waals surface area contributed by atoms with Crippen LogP contribution in [-0.4, -0.2) is 44.3 Å². The van der Waals surface area contributed by atoms with Crippen LogP contribution in [0.15, 0.2) is 71.2 Å². The summed E-state index contributed by atoms with van der Waals surface area (Å²) in [6.07, 6.45) is -0.161. The Morgan fingerprint density at radius 2 is 1.57 bits per heavy atom. The van der Waals surface area contributed by atoms with Gasteiger partial charge in [0.25, 0.3) is 0 Å². The second kappa shape index (κ2) is 12.0. The Balaban J connectivity index is 1.22. The van der Waals surface area contributed by atoms with E-state index in [1.807, 2.05) is 13.0 Å². The molecule has 7 unspecified atom stereocenters. The number of nitrogens with zero attached hydrogens (tertiary/aromatic N) is 2. The van der Waals surface area contributed by atoms with Crippen molar-refractivity contribution >= 4 is 99.5 Å². The number of ether oxygens (including phenoxy) is 1. The van der Waals surface area contributed by atoms with E-state index < -0.39 is 12.1 Å². The number of pyridine rings is 1. The molecule has 46 heavy (non-hydrogen) atoms. The highest BCUT2D eigenvalue weighted by Crippen LogP contribution is 2.60. The smallest absolute Gasteiger partial charge is 0.339 e. The minimum absolute atomic E-state index is 0.126. The third-order valence-corrected chi connectivity index (χ3v) is 14.1. The van der Waals surface area contributed by atoms with E-state index in [1.54, 1.807) is 67.6 Å². The van der Waals surface area contributed by atoms with E-state index in [9.17, 15) is 19.2 Å². The van der Waals surface area contributed by atoms with Gasteiger partial charge in [0.15, 0.2) is 6.10 Å². The molecule has 7 atom stereocenters. The maximum Gasteiger partial charge on any atom is 0.339 e. The van der Waals surface area contributed by atoms with E-state index in [4.69, 9.17) is 21.3 Å². The molecule has 1 saturated heterocycles. The van der Waals surface area contributed by atoms with Gasteiger partial charge in [-0.25, -0.2) is 9.78 Å². The Labute approximate surface area is 295 Å². The van der Waals surface area contributed by atoms with Crippen molar-refractivity contribution in [1.29, 1.82) is 0 Å². The van der Waals surface area contributed by atoms with Crippen molar-refractivity contribution in [2.75, 3.05) is 4.90 Å². The molecule has 1 aliphatic heterocycles. The van der Waals surface area contributed by atoms with Crippen LogP contribution in [0.2, 0.25) is 5.02 Å². The van der Waals surface area contributed by atoms with Gasteiger partial charge in [0.05, 0.1) is 39.3 Å². The molecule has 3 aromatic carbocycles. The number of aryl methyl sites for hydroxylation is 1. The second-order valence-corrected chi connectivity index (χ2v) is 15.4. The van der Waals surface area contributed by atoms with Gasteiger partial charge in [-0.2, -0.15) is 0 Å². The fourth-order valence-electron chi connectivity index (χ4n) is 7.28. The highest BCUT2D eigenvalue weighted by molar-refractivity contribution is 9.12. The Hall–Kier alpha value is -2.92. The highest BCUT2D eigenvalue weighted by Gasteiger charge is 2.66. The first-order chi connectivity index (χ1) is 22.0. The molecule has 7 nitrogen and oxygen atoms in total. The topological polar surface area (TPSA) is 93.6 Å². The number of hydrogen-bond acceptors (Lipinski definition) is 6. The molecule has 2 amide bonds. The van der Waals surface area contributed by atoms with Crippen LogP contribution < -0.4 is 4.90 Å². The van der Waals surface area contributed by atoms with Crippen molar-refractivity contribution < 1.29 is 23.9 Å². The summed E-state index contributed by atoms with van der Waals surface area (Å²) in [5.74, 6) is -1.67. The number of rotatable bonds is 6. The number of hydrogen-bond donors (Lipinski definition) is 0. The SMILES string of the molecule is Cc1c(Cl)c(Br)cc2c(C(=O)OC(C)C(=O)c3ccccc3)cc(-c3ccc(N4C(=O)C5C6CC(C(Br)C6Br)C5C4=O)cc3)nc12. The van der Waals surface area contributed by atoms with Crippen LogP contribution in [0.4, 0.5) is 5.69 Å². The molecule has 4 aromatic rings. The number of ketones is 1. The van der Waals surface area contributed by atoms with Gasteiger partial charge in [0.2, 0.25) is 17.6 Å². The number of carbonyl (C=O) groups excluding carboxylic acids is 4. The number of halogens is 4. The van der Waals surface area contributed by atoms with Gasteiger partial charge >= 0.3 is 5.97 Å². The van der Waals surface area contributed by atoms with Gasteiger partial charge in [0.1, 0.15) is 0 Å². The van der Waals surface area contributed by atoms with E-state index >= 15 is 0 Å². The van der Waals surface area contributed by atoms with Gasteiger partial charge < -0.3 is 4.74 Å². The average Bonchev–Trinajstić information content (AvgIpc) is 3.68. The fraction of sp³-hybridized carbons (Fsp3) is 0.286. The number of amides is 2. The zero-order chi connectivity index (χ0) is 32.6. The first-order valence-corrected chi connectivity index (χ1v) is 17.8. The zero-order valence-corrected chi connectivity index (χ0v) is 30.1. The summed E-state index contributed by atoms with van der Waals surface area (Å²) in [7, 11) is 0. The zero-order valence-electron chi connectivity index (χ0n) is 24.5. The number of aromatic nitrogens is 1. The molecule has 3 aliphatic rings. The summed E-state index contributed by atoms with van der Waals surface area (Å²) < 4.78 is 6.29. The number of anilines is 1. The number of carbonyl (C=O) groups is 4. The van der Waals surface area contributed by atoms with Crippen LogP contribution in [-0.2, 0) is 14.3 Å². The third-order valence-electron chi connectivity index (χ3n) is 9.56. The number of alkyl halides is 2. The molecule has 7 rings (SSSR count). The summed E-state index contributed by atoms with van der Waals surface area (Å²) in [6, 6.07) is 19.0. The first-order valence-electron chi connectivity index (χ1n) is 14.8. The summed E-state index contributed by atoms with van der Waals surface area (Å²) >= 11 is 17.5. The monoisotopic (exact) mass is 826 g/mol. The Morgan fingerprint density at radius 1 is 0.957 bits per heavy atom. The number of esters is 1. The molecule has 234 valence electrons. The minimum atomic E-state index is -1.03. The number of Topliss-reactive ketones (excluding diaryl/α,β-unsaturated/α-hetero) is 1. The van der Waals surface area contributed by atoms with Gasteiger partial charge in [-0.3, -0.25) is 19.3 Å². The van der Waals surface area contributed by atoms with Gasteiger partial charge in [0, 0.05) is 30.6 Å². The normalized spacial score (nSPS) is 25.7. The predicted octanol–water partition coefficient (Wildman–Crippen LogP) is 8.34. The molecule has 2 bridgehead atoms. The van der Waals surface area contributed by atoms with Crippen LogP contribution >= 0.6 is 59.4 Å². The number of imide groups is 1. The quantitative estimate of drug-likeness (QED) is 0.0841. The Bertz CT molecular complexity index is 1920. The maximum absolute atomic E-state index is 13.7. The minimum Gasteiger partial charge on any atom is -0.451 e. The summed E-state index contributed by atoms with van der Waals surface area (Å²) in [5, 5.41) is 0.976. The molecule has 2 heterocycles. The average molecular weight is 830 g/mol. The summed E-state index contributed by atoms with van der Waals surface area (Å²) in [5.41, 5.74) is 3.46. The lowest BCUT2D eigenvalue weighted by atomic mass is 9.81. The summed E-state index contributed by atoms with van der Waals surface area (Å²) in [4.78, 5) is 60.2. The predicted molar refractivity (Wildman–Crippen MR) is 187 cm³/mol. The number of benzene rings is 3. The Morgan fingerprint density at radius 3 is 2.17 bits per heavy atom. The van der Waals surface area contributed by atoms with E-state index in [0.717, 1.165) is 6.42 Å². The largest absolute Gasteiger partial charge is 0.451 e. The lowest BCUT2D eigenvalue weighted by Gasteiger charge is -2.28. The fourth-order valence-corrected chi connectivity index (χ4v) is 9.82. The van der Waals surface area contributed by atoms with E-state index in [1.165, 1.54) is 4.90 Å². The molecule has 1 aromatic heterocycles. The second-order valence-electron chi connectivity index (χ2n) is 12.1. The molecule has 0 spiro atoms. The standard InChI is InChI=1S/C35H26Br3ClN2O5/c1-15-30(39)24(36)13-20-21(35(45)46-16(2)32(42)18-6-4-3-5-7-18)14-25(40-31(15)20)17-8-10-19(11-9-17)41-33(43)26-22-12-23(27(26)34(41)44)29(38)28(22)37/h3-11,13-14,16,22-23,26-29H,12H2,1-2H3. The van der Waals surface area contributed by atoms with Crippen molar-refractivity contribution in [2.24, 2.45) is 23.7 Å². The van der Waals surface area contributed by atoms with Crippen molar-refractivity contribution in [2.45, 2.75) is 36.0 Å². The van der Waals surface area contributed by atoms with Crippen LogP contribution in [0.3, 0.4) is 0 Å². The van der Waals surface area contributed by atoms with E-state index in [2.05, 4.69) is 47.8 Å². The maximum atomic E-state index is 13.7. The first kappa shape index (κ1) is 31.7. The lowest BCUT2D eigenvalue weighted by Crippen LogP contribution is -2.37. The van der Waals surface area contributed by atoms with Crippen molar-refractivity contribution in [3.05, 3.63) is 92.9 Å². The lowest BCUT2D eigenvalue weighted by molar-refractivity contribution is -0.123. The molecule has 0 N–H and O–H groups in total. The van der Waals surface area contributed by atoms with Crippen LogP contribution in [0.25, 0.3) is 22.2 Å². The van der Waals surface area contributed by atoms with Crippen molar-refractivity contribution in [3.8, 4) is 11.3 Å². The van der Waals surface area contributed by atoms with Crippen molar-refractivity contribution in [3.63, 3.8) is 0 Å². The number of fused-ring (bicyclic) bond motifs is 6. The third kappa shape index (κ3) is 4.98. The van der Waals surface area contributed by atoms with Gasteiger partial charge in [-0.1, -0.05) is 85.9 Å². The molecular weight excluding hydrogens is 804 g/mol. The molecule has 0 radical (unpaired) electrons. The van der Waals surface area contributed by atoms with Crippen LogP contribution in [0.1, 0.15) is 39.6 Å². The van der Waals surface area contributed by atoms with Crippen LogP contribution in [0, 0.1) is 30.6 Å². The Kier molecular flexibility index (Phi) is 8.23. The summed E-state index contributed by atoms with van der Waals surface area (Å²) in [6.45, 7) is 3.36. The van der Waals surface area contributed by atoms with E-state index in [0.29, 0.717) is 48.5 Å². The van der Waals surface area contributed by atoms with Crippen molar-refractivity contribution in [1.82, 2.24) is 4.98 Å². The molecular formula is C35H26Br3ClN2O5. The van der Waals surface area contributed by atoms with Gasteiger partial charge in [-0.05, 0) is 77.9 Å². The molecule has 2 aliphatic carbocycles. The van der Waals surface area contributed by atoms with E-state index in [-0.39, 0.29) is 56.5 Å².